The van der Waals surface area contributed by atoms with Crippen molar-refractivity contribution in [3.8, 4) is 11.4 Å². The van der Waals surface area contributed by atoms with Gasteiger partial charge in [0.25, 0.3) is 5.56 Å². The first kappa shape index (κ1) is 24.0. The van der Waals surface area contributed by atoms with Gasteiger partial charge in [-0.25, -0.2) is 9.78 Å². The van der Waals surface area contributed by atoms with Crippen molar-refractivity contribution in [3.05, 3.63) is 87.1 Å². The molecule has 0 unspecified atom stereocenters. The minimum absolute atomic E-state index is 0.0111. The fraction of sp³-hybridized carbons (Fsp3) is 0.208. The number of carbonyl (C=O) groups excluding carboxylic acids is 1. The molecule has 4 N–H and O–H groups in total. The van der Waals surface area contributed by atoms with Crippen molar-refractivity contribution in [2.75, 3.05) is 22.9 Å². The van der Waals surface area contributed by atoms with Crippen molar-refractivity contribution in [2.24, 2.45) is 0 Å². The topological polar surface area (TPSA) is 143 Å². The van der Waals surface area contributed by atoms with Gasteiger partial charge in [0, 0.05) is 12.1 Å². The van der Waals surface area contributed by atoms with E-state index in [9.17, 15) is 14.4 Å². The van der Waals surface area contributed by atoms with Gasteiger partial charge in [-0.3, -0.25) is 24.2 Å². The van der Waals surface area contributed by atoms with Crippen molar-refractivity contribution in [2.45, 2.75) is 25.0 Å². The van der Waals surface area contributed by atoms with Gasteiger partial charge < -0.3 is 10.6 Å². The summed E-state index contributed by atoms with van der Waals surface area (Å²) in [5.41, 5.74) is 6.64. The number of nitrogen functional groups attached to an aromatic ring is 1. The van der Waals surface area contributed by atoms with Crippen LogP contribution in [-0.2, 0) is 11.3 Å². The molecule has 4 aromatic rings. The maximum Gasteiger partial charge on any atom is 0.330 e. The summed E-state index contributed by atoms with van der Waals surface area (Å²) in [6.07, 6.45) is 0.589. The van der Waals surface area contributed by atoms with E-state index in [0.29, 0.717) is 17.4 Å². The average Bonchev–Trinajstić information content (AvgIpc) is 3.35. The molecule has 2 aromatic carbocycles. The van der Waals surface area contributed by atoms with Crippen molar-refractivity contribution in [3.63, 3.8) is 0 Å². The first-order chi connectivity index (χ1) is 17.0. The van der Waals surface area contributed by atoms with Gasteiger partial charge in [0.15, 0.2) is 11.5 Å². The predicted molar refractivity (Wildman–Crippen MR) is 136 cm³/mol. The SMILES string of the molecule is CCCN(C(=O)CSc1n[nH]c(-c2ccccc2)n1)c1c(N)n(Cc2ccccc2)c(=O)[nH]c1=O. The molecule has 0 saturated heterocycles. The van der Waals surface area contributed by atoms with Gasteiger partial charge in [-0.2, -0.15) is 0 Å². The number of benzene rings is 2. The van der Waals surface area contributed by atoms with E-state index >= 15 is 0 Å². The number of nitrogens with one attached hydrogen (secondary N) is 2. The standard InChI is InChI=1S/C24H25N7O3S/c1-2-13-30(18(32)15-35-23-26-21(28-29-23)17-11-7-4-8-12-17)19-20(25)31(24(34)27-22(19)33)14-16-9-5-3-6-10-16/h3-12H,2,13-15,25H2,1H3,(H,26,28,29)(H,27,33,34). The lowest BCUT2D eigenvalue weighted by atomic mass is 10.2. The molecule has 0 aliphatic heterocycles. The molecular formula is C24H25N7O3S. The summed E-state index contributed by atoms with van der Waals surface area (Å²) in [7, 11) is 0. The van der Waals surface area contributed by atoms with Crippen LogP contribution in [0.15, 0.2) is 75.4 Å². The van der Waals surface area contributed by atoms with Crippen LogP contribution in [0.1, 0.15) is 18.9 Å². The van der Waals surface area contributed by atoms with Gasteiger partial charge in [-0.1, -0.05) is 79.3 Å². The molecule has 11 heteroatoms. The number of aromatic amines is 2. The molecule has 1 amide bonds. The highest BCUT2D eigenvalue weighted by Gasteiger charge is 2.24. The Bertz CT molecular complexity index is 1410. The smallest absolute Gasteiger partial charge is 0.330 e. The number of anilines is 2. The Kier molecular flexibility index (Phi) is 7.46. The molecule has 180 valence electrons. The lowest BCUT2D eigenvalue weighted by molar-refractivity contribution is -0.116. The van der Waals surface area contributed by atoms with Crippen LogP contribution in [-0.4, -0.2) is 42.9 Å². The third-order valence-electron chi connectivity index (χ3n) is 5.25. The molecule has 35 heavy (non-hydrogen) atoms. The third-order valence-corrected chi connectivity index (χ3v) is 6.08. The van der Waals surface area contributed by atoms with Gasteiger partial charge in [-0.05, 0) is 12.0 Å². The molecule has 0 fully saturated rings. The highest BCUT2D eigenvalue weighted by atomic mass is 32.2. The van der Waals surface area contributed by atoms with Crippen LogP contribution in [0.5, 0.6) is 0 Å². The fourth-order valence-electron chi connectivity index (χ4n) is 3.59. The molecule has 0 radical (unpaired) electrons. The van der Waals surface area contributed by atoms with E-state index in [1.54, 1.807) is 0 Å². The van der Waals surface area contributed by atoms with Gasteiger partial charge in [0.1, 0.15) is 5.82 Å². The summed E-state index contributed by atoms with van der Waals surface area (Å²) in [5.74, 6) is 0.186. The second-order valence-corrected chi connectivity index (χ2v) is 8.67. The van der Waals surface area contributed by atoms with Gasteiger partial charge in [-0.15, -0.1) is 5.10 Å². The summed E-state index contributed by atoms with van der Waals surface area (Å²) in [4.78, 5) is 46.5. The lowest BCUT2D eigenvalue weighted by Gasteiger charge is -2.24. The molecule has 2 heterocycles. The molecule has 0 saturated carbocycles. The van der Waals surface area contributed by atoms with Gasteiger partial charge in [0.05, 0.1) is 12.3 Å². The number of carbonyl (C=O) groups is 1. The van der Waals surface area contributed by atoms with E-state index < -0.39 is 11.2 Å². The average molecular weight is 492 g/mol. The number of H-pyrrole nitrogens is 2. The molecule has 2 aromatic heterocycles. The maximum absolute atomic E-state index is 13.2. The Morgan fingerprint density at radius 1 is 1.09 bits per heavy atom. The summed E-state index contributed by atoms with van der Waals surface area (Å²) in [5, 5.41) is 7.44. The zero-order valence-corrected chi connectivity index (χ0v) is 19.9. The van der Waals surface area contributed by atoms with Crippen molar-refractivity contribution in [1.29, 1.82) is 0 Å². The minimum atomic E-state index is -0.701. The van der Waals surface area contributed by atoms with Crippen LogP contribution < -0.4 is 21.9 Å². The number of nitrogens with zero attached hydrogens (tertiary/aromatic N) is 4. The fourth-order valence-corrected chi connectivity index (χ4v) is 4.26. The molecule has 4 rings (SSSR count). The predicted octanol–water partition coefficient (Wildman–Crippen LogP) is 2.49. The first-order valence-electron chi connectivity index (χ1n) is 11.1. The number of amides is 1. The third kappa shape index (κ3) is 5.52. The van der Waals surface area contributed by atoms with Crippen LogP contribution in [0.3, 0.4) is 0 Å². The molecule has 0 aliphatic carbocycles. The molecule has 0 aliphatic rings. The van der Waals surface area contributed by atoms with E-state index in [1.165, 1.54) is 9.47 Å². The number of thioether (sulfide) groups is 1. The van der Waals surface area contributed by atoms with E-state index in [1.807, 2.05) is 67.6 Å². The summed E-state index contributed by atoms with van der Waals surface area (Å²) >= 11 is 1.15. The monoisotopic (exact) mass is 491 g/mol. The van der Waals surface area contributed by atoms with E-state index in [-0.39, 0.29) is 36.3 Å². The van der Waals surface area contributed by atoms with Gasteiger partial charge >= 0.3 is 5.69 Å². The molecule has 0 atom stereocenters. The largest absolute Gasteiger partial charge is 0.383 e. The Morgan fingerprint density at radius 3 is 2.46 bits per heavy atom. The highest BCUT2D eigenvalue weighted by Crippen LogP contribution is 2.22. The van der Waals surface area contributed by atoms with Crippen LogP contribution in [0.4, 0.5) is 11.5 Å². The van der Waals surface area contributed by atoms with Crippen molar-refractivity contribution >= 4 is 29.2 Å². The normalized spacial score (nSPS) is 10.9. The Hall–Kier alpha value is -4.12. The number of aromatic nitrogens is 5. The summed E-state index contributed by atoms with van der Waals surface area (Å²) in [6, 6.07) is 18.8. The Balaban J connectivity index is 1.56. The summed E-state index contributed by atoms with van der Waals surface area (Å²) < 4.78 is 1.26. The molecule has 10 nitrogen and oxygen atoms in total. The second kappa shape index (κ2) is 10.9. The summed E-state index contributed by atoms with van der Waals surface area (Å²) in [6.45, 7) is 2.32. The van der Waals surface area contributed by atoms with Crippen LogP contribution in [0, 0.1) is 0 Å². The Morgan fingerprint density at radius 2 is 1.77 bits per heavy atom. The molecule has 0 bridgehead atoms. The quantitative estimate of drug-likeness (QED) is 0.305. The van der Waals surface area contributed by atoms with E-state index in [2.05, 4.69) is 20.2 Å². The second-order valence-electron chi connectivity index (χ2n) is 7.73. The maximum atomic E-state index is 13.2. The first-order valence-corrected chi connectivity index (χ1v) is 12.0. The van der Waals surface area contributed by atoms with Crippen molar-refractivity contribution < 1.29 is 4.79 Å². The zero-order valence-electron chi connectivity index (χ0n) is 19.1. The zero-order chi connectivity index (χ0) is 24.8. The number of hydrogen-bond acceptors (Lipinski definition) is 7. The van der Waals surface area contributed by atoms with Crippen molar-refractivity contribution in [1.82, 2.24) is 24.7 Å². The minimum Gasteiger partial charge on any atom is -0.383 e. The Labute approximate surface area is 205 Å². The van der Waals surface area contributed by atoms with E-state index in [4.69, 9.17) is 5.73 Å². The highest BCUT2D eigenvalue weighted by molar-refractivity contribution is 7.99. The molecule has 0 spiro atoms. The van der Waals surface area contributed by atoms with Crippen LogP contribution in [0.25, 0.3) is 11.4 Å². The number of hydrogen-bond donors (Lipinski definition) is 3. The van der Waals surface area contributed by atoms with E-state index in [0.717, 1.165) is 22.9 Å². The van der Waals surface area contributed by atoms with Gasteiger partial charge in [0.2, 0.25) is 11.1 Å². The van der Waals surface area contributed by atoms with Crippen LogP contribution >= 0.6 is 11.8 Å². The van der Waals surface area contributed by atoms with Crippen LogP contribution in [0.2, 0.25) is 0 Å². The molecular weight excluding hydrogens is 466 g/mol. The lowest BCUT2D eigenvalue weighted by Crippen LogP contribution is -2.42. The number of nitrogens with two attached hydrogens (primary N) is 1. The number of rotatable bonds is 9.